The van der Waals surface area contributed by atoms with E-state index in [0.717, 1.165) is 36.8 Å². The number of amides is 2. The van der Waals surface area contributed by atoms with Crippen molar-refractivity contribution in [3.8, 4) is 6.07 Å². The van der Waals surface area contributed by atoms with Crippen molar-refractivity contribution in [2.45, 2.75) is 57.7 Å². The third-order valence-electron chi connectivity index (χ3n) is 6.28. The van der Waals surface area contributed by atoms with E-state index in [0.29, 0.717) is 27.1 Å². The number of benzene rings is 1. The van der Waals surface area contributed by atoms with E-state index in [1.807, 2.05) is 44.5 Å². The molecule has 36 heavy (non-hydrogen) atoms. The molecule has 1 aliphatic carbocycles. The fourth-order valence-corrected chi connectivity index (χ4v) is 6.22. The number of hydrogen-bond donors (Lipinski definition) is 2. The summed E-state index contributed by atoms with van der Waals surface area (Å²) in [7, 11) is 1.84. The zero-order valence-corrected chi connectivity index (χ0v) is 22.6. The van der Waals surface area contributed by atoms with Gasteiger partial charge in [-0.15, -0.1) is 21.5 Å². The second kappa shape index (κ2) is 11.3. The Morgan fingerprint density at radius 1 is 1.19 bits per heavy atom. The molecule has 0 saturated heterocycles. The fraction of sp³-hybridized carbons (Fsp3) is 0.423. The number of aromatic nitrogens is 3. The number of thioether (sulfide) groups is 1. The Morgan fingerprint density at radius 2 is 1.92 bits per heavy atom. The molecule has 2 N–H and O–H groups in total. The molecule has 1 aromatic carbocycles. The summed E-state index contributed by atoms with van der Waals surface area (Å²) in [6, 6.07) is 9.37. The molecule has 0 aliphatic heterocycles. The van der Waals surface area contributed by atoms with Crippen LogP contribution >= 0.6 is 23.1 Å². The number of rotatable bonds is 8. The average Bonchev–Trinajstić information content (AvgIpc) is 3.40. The van der Waals surface area contributed by atoms with Gasteiger partial charge in [-0.1, -0.05) is 43.3 Å². The number of carbonyl (C=O) groups is 2. The van der Waals surface area contributed by atoms with Crippen LogP contribution in [-0.4, -0.2) is 32.3 Å². The van der Waals surface area contributed by atoms with Gasteiger partial charge < -0.3 is 15.2 Å². The number of carbonyl (C=O) groups excluding carboxylic acids is 2. The van der Waals surface area contributed by atoms with Crippen LogP contribution < -0.4 is 10.6 Å². The molecule has 1 atom stereocenters. The van der Waals surface area contributed by atoms with Crippen molar-refractivity contribution in [2.24, 2.45) is 13.0 Å². The van der Waals surface area contributed by atoms with Gasteiger partial charge in [0.05, 0.1) is 17.4 Å². The van der Waals surface area contributed by atoms with Gasteiger partial charge in [0, 0.05) is 17.5 Å². The lowest BCUT2D eigenvalue weighted by molar-refractivity contribution is -0.113. The van der Waals surface area contributed by atoms with Crippen LogP contribution in [0.1, 0.15) is 70.5 Å². The molecule has 188 valence electrons. The van der Waals surface area contributed by atoms with Gasteiger partial charge in [0.1, 0.15) is 11.1 Å². The Kier molecular flexibility index (Phi) is 8.11. The summed E-state index contributed by atoms with van der Waals surface area (Å²) >= 11 is 2.79. The number of nitrogens with zero attached hydrogens (tertiary/aromatic N) is 4. The van der Waals surface area contributed by atoms with Crippen LogP contribution in [0.25, 0.3) is 0 Å². The van der Waals surface area contributed by atoms with Crippen molar-refractivity contribution in [3.63, 3.8) is 0 Å². The van der Waals surface area contributed by atoms with E-state index in [1.54, 1.807) is 12.1 Å². The molecule has 2 heterocycles. The van der Waals surface area contributed by atoms with Crippen LogP contribution in [-0.2, 0) is 24.7 Å². The van der Waals surface area contributed by atoms with Crippen LogP contribution in [0, 0.1) is 24.2 Å². The first-order valence-corrected chi connectivity index (χ1v) is 13.8. The summed E-state index contributed by atoms with van der Waals surface area (Å²) in [5.41, 5.74) is 3.39. The predicted octanol–water partition coefficient (Wildman–Crippen LogP) is 4.79. The van der Waals surface area contributed by atoms with E-state index < -0.39 is 0 Å². The van der Waals surface area contributed by atoms with Gasteiger partial charge in [-0.05, 0) is 56.2 Å². The maximum Gasteiger partial charge on any atom is 0.251 e. The smallest absolute Gasteiger partial charge is 0.251 e. The number of aryl methyl sites for hydroxylation is 2. The molecule has 0 saturated carbocycles. The zero-order chi connectivity index (χ0) is 25.8. The largest absolute Gasteiger partial charge is 0.342 e. The Hall–Kier alpha value is -3.16. The van der Waals surface area contributed by atoms with Gasteiger partial charge in [-0.2, -0.15) is 5.26 Å². The zero-order valence-electron chi connectivity index (χ0n) is 20.9. The van der Waals surface area contributed by atoms with Crippen LogP contribution in [0.3, 0.4) is 0 Å². The van der Waals surface area contributed by atoms with Crippen molar-refractivity contribution in [3.05, 3.63) is 57.2 Å². The molecule has 0 unspecified atom stereocenters. The fourth-order valence-electron chi connectivity index (χ4n) is 4.25. The molecule has 0 spiro atoms. The minimum Gasteiger partial charge on any atom is -0.342 e. The lowest BCUT2D eigenvalue weighted by Gasteiger charge is -2.21. The number of nitriles is 1. The molecule has 3 aromatic rings. The quantitative estimate of drug-likeness (QED) is 0.411. The van der Waals surface area contributed by atoms with Crippen molar-refractivity contribution in [1.29, 1.82) is 5.26 Å². The van der Waals surface area contributed by atoms with E-state index in [2.05, 4.69) is 26.9 Å². The standard InChI is InChI=1S/C26H30N6O2S2/c1-15(2)22(29-24(34)17-11-9-16(3)10-12-17)23-30-31-26(32(23)4)35-14-21(33)28-25-19(13-27)18-7-5-6-8-20(18)36-25/h9-12,15,22H,5-8,14H2,1-4H3,(H,28,33)(H,29,34)/t22-/m1/s1. The first kappa shape index (κ1) is 25.9. The van der Waals surface area contributed by atoms with Gasteiger partial charge >= 0.3 is 0 Å². The average molecular weight is 523 g/mol. The summed E-state index contributed by atoms with van der Waals surface area (Å²) < 4.78 is 1.82. The SMILES string of the molecule is Cc1ccc(C(=O)N[C@@H](c2nnc(SCC(=O)Nc3sc4c(c3C#N)CCCC4)n2C)C(C)C)cc1. The van der Waals surface area contributed by atoms with Gasteiger partial charge in [0.15, 0.2) is 11.0 Å². The third-order valence-corrected chi connectivity index (χ3v) is 8.51. The summed E-state index contributed by atoms with van der Waals surface area (Å²) in [6.07, 6.45) is 4.08. The molecule has 1 aliphatic rings. The van der Waals surface area contributed by atoms with E-state index in [-0.39, 0.29) is 29.5 Å². The molecule has 0 fully saturated rings. The van der Waals surface area contributed by atoms with Gasteiger partial charge in [0.2, 0.25) is 5.91 Å². The second-order valence-electron chi connectivity index (χ2n) is 9.32. The van der Waals surface area contributed by atoms with E-state index in [4.69, 9.17) is 0 Å². The molecule has 0 radical (unpaired) electrons. The lowest BCUT2D eigenvalue weighted by Crippen LogP contribution is -2.33. The second-order valence-corrected chi connectivity index (χ2v) is 11.4. The molecule has 2 aromatic heterocycles. The Bertz CT molecular complexity index is 1300. The maximum absolute atomic E-state index is 12.8. The Balaban J connectivity index is 1.41. The van der Waals surface area contributed by atoms with Crippen molar-refractivity contribution in [2.75, 3.05) is 11.1 Å². The highest BCUT2D eigenvalue weighted by Crippen LogP contribution is 2.37. The van der Waals surface area contributed by atoms with Gasteiger partial charge in [-0.3, -0.25) is 9.59 Å². The summed E-state index contributed by atoms with van der Waals surface area (Å²) in [4.78, 5) is 26.7. The Labute approximate surface area is 219 Å². The minimum absolute atomic E-state index is 0.0812. The third kappa shape index (κ3) is 5.63. The molecule has 2 amide bonds. The van der Waals surface area contributed by atoms with Gasteiger partial charge in [-0.25, -0.2) is 0 Å². The van der Waals surface area contributed by atoms with Crippen molar-refractivity contribution < 1.29 is 9.59 Å². The maximum atomic E-state index is 12.8. The summed E-state index contributed by atoms with van der Waals surface area (Å²) in [5, 5.41) is 25.5. The predicted molar refractivity (Wildman–Crippen MR) is 142 cm³/mol. The topological polar surface area (TPSA) is 113 Å². The van der Waals surface area contributed by atoms with Crippen LogP contribution in [0.15, 0.2) is 29.4 Å². The van der Waals surface area contributed by atoms with E-state index in [1.165, 1.54) is 28.0 Å². The van der Waals surface area contributed by atoms with E-state index in [9.17, 15) is 14.9 Å². The highest BCUT2D eigenvalue weighted by atomic mass is 32.2. The minimum atomic E-state index is -0.338. The van der Waals surface area contributed by atoms with E-state index >= 15 is 0 Å². The van der Waals surface area contributed by atoms with Crippen LogP contribution in [0.5, 0.6) is 0 Å². The highest BCUT2D eigenvalue weighted by Gasteiger charge is 2.26. The monoisotopic (exact) mass is 522 g/mol. The summed E-state index contributed by atoms with van der Waals surface area (Å²) in [6.45, 7) is 6.01. The van der Waals surface area contributed by atoms with Crippen molar-refractivity contribution >= 4 is 39.9 Å². The first-order chi connectivity index (χ1) is 17.3. The van der Waals surface area contributed by atoms with Crippen molar-refractivity contribution in [1.82, 2.24) is 20.1 Å². The highest BCUT2D eigenvalue weighted by molar-refractivity contribution is 7.99. The number of anilines is 1. The molecule has 10 heteroatoms. The lowest BCUT2D eigenvalue weighted by atomic mass is 9.96. The molecular weight excluding hydrogens is 492 g/mol. The van der Waals surface area contributed by atoms with Crippen LogP contribution in [0.2, 0.25) is 0 Å². The van der Waals surface area contributed by atoms with Gasteiger partial charge in [0.25, 0.3) is 5.91 Å². The Morgan fingerprint density at radius 3 is 2.61 bits per heavy atom. The first-order valence-electron chi connectivity index (χ1n) is 12.0. The normalized spacial score (nSPS) is 13.7. The molecule has 8 nitrogen and oxygen atoms in total. The molecule has 4 rings (SSSR count). The molecular formula is C26H30N6O2S2. The molecule has 0 bridgehead atoms. The van der Waals surface area contributed by atoms with Crippen LogP contribution in [0.4, 0.5) is 5.00 Å². The number of hydrogen-bond acceptors (Lipinski definition) is 7. The number of fused-ring (bicyclic) bond motifs is 1. The number of nitrogens with one attached hydrogen (secondary N) is 2. The number of thiophene rings is 1. The summed E-state index contributed by atoms with van der Waals surface area (Å²) in [5.74, 6) is 0.496.